The van der Waals surface area contributed by atoms with Crippen molar-refractivity contribution in [2.24, 2.45) is 17.8 Å². The first-order valence-corrected chi connectivity index (χ1v) is 7.10. The fourth-order valence-electron chi connectivity index (χ4n) is 3.76. The minimum absolute atomic E-state index is 0.277. The van der Waals surface area contributed by atoms with Gasteiger partial charge in [0.2, 0.25) is 0 Å². The smallest absolute Gasteiger partial charge is 0.330 e. The summed E-state index contributed by atoms with van der Waals surface area (Å²) in [7, 11) is 0. The number of fused-ring (bicyclic) bond motifs is 1. The molecule has 2 rings (SSSR count). The summed E-state index contributed by atoms with van der Waals surface area (Å²) in [5.41, 5.74) is 0. The molecule has 0 aliphatic heterocycles. The highest BCUT2D eigenvalue weighted by atomic mass is 16.5. The van der Waals surface area contributed by atoms with Crippen molar-refractivity contribution in [3.63, 3.8) is 0 Å². The zero-order valence-electron chi connectivity index (χ0n) is 10.7. The van der Waals surface area contributed by atoms with Gasteiger partial charge in [-0.1, -0.05) is 32.3 Å². The van der Waals surface area contributed by atoms with E-state index >= 15 is 0 Å². The standard InChI is InChI=1S/C15H24O2/c1-2-15(16)17-11-10-13-9-8-12-6-4-3-5-7-14(12)13/h2,12-14H,1,3-11H2. The van der Waals surface area contributed by atoms with E-state index in [0.29, 0.717) is 6.61 Å². The molecule has 2 aliphatic carbocycles. The van der Waals surface area contributed by atoms with Crippen molar-refractivity contribution >= 4 is 5.97 Å². The van der Waals surface area contributed by atoms with Gasteiger partial charge < -0.3 is 4.74 Å². The average Bonchev–Trinajstić information content (AvgIpc) is 2.59. The molecule has 0 N–H and O–H groups in total. The van der Waals surface area contributed by atoms with Crippen LogP contribution in [-0.4, -0.2) is 12.6 Å². The Balaban J connectivity index is 1.77. The summed E-state index contributed by atoms with van der Waals surface area (Å²) in [4.78, 5) is 11.0. The SMILES string of the molecule is C=CC(=O)OCCC1CCC2CCCCCC21. The molecule has 0 aromatic heterocycles. The molecule has 0 radical (unpaired) electrons. The van der Waals surface area contributed by atoms with Crippen LogP contribution in [0.4, 0.5) is 0 Å². The minimum atomic E-state index is -0.277. The maximum Gasteiger partial charge on any atom is 0.330 e. The Morgan fingerprint density at radius 2 is 2.00 bits per heavy atom. The monoisotopic (exact) mass is 236 g/mol. The van der Waals surface area contributed by atoms with Gasteiger partial charge in [0.1, 0.15) is 0 Å². The van der Waals surface area contributed by atoms with Gasteiger partial charge in [-0.05, 0) is 43.4 Å². The Hall–Kier alpha value is -0.790. The molecular weight excluding hydrogens is 212 g/mol. The number of carbonyl (C=O) groups excluding carboxylic acids is 1. The number of hydrogen-bond acceptors (Lipinski definition) is 2. The zero-order valence-corrected chi connectivity index (χ0v) is 10.7. The van der Waals surface area contributed by atoms with E-state index in [-0.39, 0.29) is 5.97 Å². The van der Waals surface area contributed by atoms with E-state index in [0.717, 1.165) is 24.2 Å². The topological polar surface area (TPSA) is 26.3 Å². The molecule has 0 bridgehead atoms. The van der Waals surface area contributed by atoms with Gasteiger partial charge in [0.25, 0.3) is 0 Å². The predicted molar refractivity (Wildman–Crippen MR) is 68.6 cm³/mol. The lowest BCUT2D eigenvalue weighted by molar-refractivity contribution is -0.138. The molecule has 2 fully saturated rings. The molecule has 2 aliphatic rings. The summed E-state index contributed by atoms with van der Waals surface area (Å²) in [6.45, 7) is 4.00. The normalized spacial score (nSPS) is 32.6. The molecule has 2 saturated carbocycles. The van der Waals surface area contributed by atoms with Crippen LogP contribution in [-0.2, 0) is 9.53 Å². The second kappa shape index (κ2) is 6.23. The second-order valence-corrected chi connectivity index (χ2v) is 5.56. The number of esters is 1. The van der Waals surface area contributed by atoms with E-state index in [1.165, 1.54) is 51.0 Å². The molecule has 0 aromatic carbocycles. The predicted octanol–water partition coefficient (Wildman–Crippen LogP) is 3.71. The van der Waals surface area contributed by atoms with Gasteiger partial charge >= 0.3 is 5.97 Å². The van der Waals surface area contributed by atoms with E-state index in [2.05, 4.69) is 6.58 Å². The van der Waals surface area contributed by atoms with Gasteiger partial charge in [-0.2, -0.15) is 0 Å². The number of ether oxygens (including phenoxy) is 1. The van der Waals surface area contributed by atoms with Crippen LogP contribution in [0.15, 0.2) is 12.7 Å². The number of rotatable bonds is 4. The van der Waals surface area contributed by atoms with Crippen LogP contribution >= 0.6 is 0 Å². The molecule has 0 amide bonds. The van der Waals surface area contributed by atoms with Crippen molar-refractivity contribution in [1.29, 1.82) is 0 Å². The number of hydrogen-bond donors (Lipinski definition) is 0. The molecule has 2 heteroatoms. The first kappa shape index (κ1) is 12.7. The van der Waals surface area contributed by atoms with E-state index in [4.69, 9.17) is 4.74 Å². The van der Waals surface area contributed by atoms with Gasteiger partial charge in [-0.3, -0.25) is 0 Å². The summed E-state index contributed by atoms with van der Waals surface area (Å²) in [5.74, 6) is 2.41. The van der Waals surface area contributed by atoms with Crippen molar-refractivity contribution in [2.45, 2.75) is 51.4 Å². The van der Waals surface area contributed by atoms with Crippen molar-refractivity contribution in [1.82, 2.24) is 0 Å². The van der Waals surface area contributed by atoms with E-state index in [1.807, 2.05) is 0 Å². The number of carbonyl (C=O) groups is 1. The molecule has 96 valence electrons. The molecule has 3 atom stereocenters. The van der Waals surface area contributed by atoms with Crippen LogP contribution < -0.4 is 0 Å². The highest BCUT2D eigenvalue weighted by Crippen LogP contribution is 2.46. The lowest BCUT2D eigenvalue weighted by Gasteiger charge is -2.22. The Morgan fingerprint density at radius 3 is 2.82 bits per heavy atom. The average molecular weight is 236 g/mol. The minimum Gasteiger partial charge on any atom is -0.463 e. The van der Waals surface area contributed by atoms with Crippen molar-refractivity contribution in [3.05, 3.63) is 12.7 Å². The fourth-order valence-corrected chi connectivity index (χ4v) is 3.76. The maximum atomic E-state index is 11.0. The Morgan fingerprint density at radius 1 is 1.18 bits per heavy atom. The Kier molecular flexibility index (Phi) is 4.64. The van der Waals surface area contributed by atoms with E-state index in [9.17, 15) is 4.79 Å². The highest BCUT2D eigenvalue weighted by Gasteiger charge is 2.35. The van der Waals surface area contributed by atoms with Crippen LogP contribution in [0, 0.1) is 17.8 Å². The van der Waals surface area contributed by atoms with Crippen molar-refractivity contribution in [3.8, 4) is 0 Å². The van der Waals surface area contributed by atoms with Crippen LogP contribution in [0.3, 0.4) is 0 Å². The third kappa shape index (κ3) is 3.34. The lowest BCUT2D eigenvalue weighted by atomic mass is 9.84. The third-order valence-corrected chi connectivity index (χ3v) is 4.63. The van der Waals surface area contributed by atoms with E-state index in [1.54, 1.807) is 0 Å². The highest BCUT2D eigenvalue weighted by molar-refractivity contribution is 5.81. The summed E-state index contributed by atoms with van der Waals surface area (Å²) >= 11 is 0. The lowest BCUT2D eigenvalue weighted by Crippen LogP contribution is -2.16. The summed E-state index contributed by atoms with van der Waals surface area (Å²) in [6, 6.07) is 0. The third-order valence-electron chi connectivity index (χ3n) is 4.63. The summed E-state index contributed by atoms with van der Waals surface area (Å²) in [5, 5.41) is 0. The molecule has 0 heterocycles. The van der Waals surface area contributed by atoms with Crippen molar-refractivity contribution in [2.75, 3.05) is 6.61 Å². The Bertz CT molecular complexity index is 272. The van der Waals surface area contributed by atoms with Gasteiger partial charge in [-0.15, -0.1) is 0 Å². The quantitative estimate of drug-likeness (QED) is 0.549. The van der Waals surface area contributed by atoms with Crippen molar-refractivity contribution < 1.29 is 9.53 Å². The van der Waals surface area contributed by atoms with Crippen LogP contribution in [0.5, 0.6) is 0 Å². The first-order chi connectivity index (χ1) is 8.31. The van der Waals surface area contributed by atoms with Gasteiger partial charge in [0.05, 0.1) is 6.61 Å². The fraction of sp³-hybridized carbons (Fsp3) is 0.800. The molecule has 0 aromatic rings. The van der Waals surface area contributed by atoms with Crippen LogP contribution in [0.25, 0.3) is 0 Å². The second-order valence-electron chi connectivity index (χ2n) is 5.56. The summed E-state index contributed by atoms with van der Waals surface area (Å²) < 4.78 is 5.11. The maximum absolute atomic E-state index is 11.0. The molecular formula is C15H24O2. The van der Waals surface area contributed by atoms with Gasteiger partial charge in [0.15, 0.2) is 0 Å². The zero-order chi connectivity index (χ0) is 12.1. The molecule has 2 nitrogen and oxygen atoms in total. The van der Waals surface area contributed by atoms with E-state index < -0.39 is 0 Å². The van der Waals surface area contributed by atoms with Crippen LogP contribution in [0.1, 0.15) is 51.4 Å². The largest absolute Gasteiger partial charge is 0.463 e. The van der Waals surface area contributed by atoms with Gasteiger partial charge in [-0.25, -0.2) is 4.79 Å². The van der Waals surface area contributed by atoms with Gasteiger partial charge in [0, 0.05) is 6.08 Å². The molecule has 17 heavy (non-hydrogen) atoms. The Labute approximate surface area is 104 Å². The summed E-state index contributed by atoms with van der Waals surface area (Å²) in [6.07, 6.45) is 12.2. The molecule has 0 spiro atoms. The molecule has 0 saturated heterocycles. The molecule has 3 unspecified atom stereocenters. The van der Waals surface area contributed by atoms with Crippen LogP contribution in [0.2, 0.25) is 0 Å². The first-order valence-electron chi connectivity index (χ1n) is 7.10.